The molecule has 0 aromatic rings. The van der Waals surface area contributed by atoms with Gasteiger partial charge in [-0.3, -0.25) is 13.8 Å². The maximum Gasteiger partial charge on any atom is 0.472 e. The number of hydrogen-bond acceptors (Lipinski definition) is 5. The van der Waals surface area contributed by atoms with E-state index in [0.29, 0.717) is 17.4 Å². The number of rotatable bonds is 63. The first-order valence-electron chi connectivity index (χ1n) is 33.6. The molecule has 0 aromatic heterocycles. The smallest absolute Gasteiger partial charge is 0.387 e. The molecule has 75 heavy (non-hydrogen) atoms. The van der Waals surface area contributed by atoms with Crippen LogP contribution in [0.3, 0.4) is 0 Å². The lowest BCUT2D eigenvalue weighted by atomic mass is 10.0. The number of nitrogens with one attached hydrogen (secondary N) is 1. The molecule has 0 rings (SSSR count). The lowest BCUT2D eigenvalue weighted by Gasteiger charge is -2.25. The highest BCUT2D eigenvalue weighted by atomic mass is 31.2. The minimum absolute atomic E-state index is 0.0652. The molecular weight excluding hydrogens is 948 g/mol. The Labute approximate surface area is 469 Å². The number of aliphatic hydroxyl groups excluding tert-OH is 1. The lowest BCUT2D eigenvalue weighted by molar-refractivity contribution is -0.870. The Morgan fingerprint density at radius 2 is 0.707 bits per heavy atom. The molecule has 0 aliphatic carbocycles. The topological polar surface area (TPSA) is 105 Å². The van der Waals surface area contributed by atoms with Gasteiger partial charge < -0.3 is 19.8 Å². The number of allylic oxidation sites excluding steroid dienone is 1. The van der Waals surface area contributed by atoms with E-state index in [-0.39, 0.29) is 19.1 Å². The van der Waals surface area contributed by atoms with Crippen LogP contribution in [-0.4, -0.2) is 73.4 Å². The summed E-state index contributed by atoms with van der Waals surface area (Å²) in [6.45, 7) is 4.87. The summed E-state index contributed by atoms with van der Waals surface area (Å²) in [6.07, 6.45) is 73.6. The monoisotopic (exact) mass is 1080 g/mol. The first kappa shape index (κ1) is 74.2. The van der Waals surface area contributed by atoms with E-state index in [4.69, 9.17) is 9.05 Å². The SMILES string of the molecule is CCCCCCCCCCCCCCCC/C=C/C(O)C(COP(=O)(O)OCC[N+](C)(C)C)NC(=O)CCCCCCCCCCCCCCCCCCCCCCCCCCCCCCCCCCCCCCC. The zero-order chi connectivity index (χ0) is 54.9. The van der Waals surface area contributed by atoms with Crippen LogP contribution in [0.4, 0.5) is 0 Å². The van der Waals surface area contributed by atoms with Gasteiger partial charge in [-0.1, -0.05) is 341 Å². The molecule has 0 saturated carbocycles. The molecule has 9 heteroatoms. The standard InChI is InChI=1S/C66H133N2O6P/c1-6-8-10-12-14-16-18-20-22-24-25-26-27-28-29-30-31-32-33-34-35-36-37-38-39-40-41-42-43-44-46-48-50-52-54-56-58-60-66(70)67-64(63-74-75(71,72)73-62-61-68(3,4)5)65(69)59-57-55-53-51-49-47-45-23-21-19-17-15-13-11-9-7-2/h57,59,64-65,69H,6-56,58,60-63H2,1-5H3,(H-,67,70,71,72)/p+1/b59-57+. The highest BCUT2D eigenvalue weighted by molar-refractivity contribution is 7.47. The van der Waals surface area contributed by atoms with Crippen molar-refractivity contribution < 1.29 is 32.9 Å². The molecule has 0 heterocycles. The van der Waals surface area contributed by atoms with Crippen LogP contribution in [0.5, 0.6) is 0 Å². The van der Waals surface area contributed by atoms with Crippen LogP contribution in [0.25, 0.3) is 0 Å². The number of phosphoric ester groups is 1. The van der Waals surface area contributed by atoms with Gasteiger partial charge in [0.15, 0.2) is 0 Å². The maximum absolute atomic E-state index is 13.0. The number of likely N-dealkylation sites (N-methyl/N-ethyl adjacent to an activating group) is 1. The van der Waals surface area contributed by atoms with Crippen LogP contribution >= 0.6 is 7.82 Å². The third-order valence-corrected chi connectivity index (χ3v) is 16.7. The normalized spacial score (nSPS) is 13.7. The fourth-order valence-electron chi connectivity index (χ4n) is 10.5. The van der Waals surface area contributed by atoms with Crippen molar-refractivity contribution in [2.24, 2.45) is 0 Å². The van der Waals surface area contributed by atoms with E-state index in [0.717, 1.165) is 32.1 Å². The third-order valence-electron chi connectivity index (χ3n) is 15.8. The van der Waals surface area contributed by atoms with Gasteiger partial charge in [-0.15, -0.1) is 0 Å². The summed E-state index contributed by atoms with van der Waals surface area (Å²) in [4.78, 5) is 23.3. The molecular formula is C66H134N2O6P+. The van der Waals surface area contributed by atoms with Gasteiger partial charge in [0.05, 0.1) is 39.9 Å². The van der Waals surface area contributed by atoms with Gasteiger partial charge in [-0.25, -0.2) is 4.57 Å². The number of nitrogens with zero attached hydrogens (tertiary/aromatic N) is 1. The van der Waals surface area contributed by atoms with Crippen LogP contribution in [0, 0.1) is 0 Å². The summed E-state index contributed by atoms with van der Waals surface area (Å²) in [5.41, 5.74) is 0. The number of aliphatic hydroxyl groups is 1. The van der Waals surface area contributed by atoms with Gasteiger partial charge in [-0.2, -0.15) is 0 Å². The summed E-state index contributed by atoms with van der Waals surface area (Å²) < 4.78 is 23.7. The zero-order valence-electron chi connectivity index (χ0n) is 51.3. The van der Waals surface area contributed by atoms with Crippen molar-refractivity contribution in [3.05, 3.63) is 12.2 Å². The van der Waals surface area contributed by atoms with Gasteiger partial charge in [0.2, 0.25) is 5.91 Å². The number of carbonyl (C=O) groups is 1. The van der Waals surface area contributed by atoms with Crippen molar-refractivity contribution in [3.8, 4) is 0 Å². The van der Waals surface area contributed by atoms with E-state index in [2.05, 4.69) is 19.2 Å². The van der Waals surface area contributed by atoms with E-state index < -0.39 is 20.0 Å². The maximum atomic E-state index is 13.0. The van der Waals surface area contributed by atoms with Crippen LogP contribution < -0.4 is 5.32 Å². The third kappa shape index (κ3) is 60.7. The predicted molar refractivity (Wildman–Crippen MR) is 328 cm³/mol. The van der Waals surface area contributed by atoms with Crippen molar-refractivity contribution in [1.82, 2.24) is 5.32 Å². The Hall–Kier alpha value is -0.760. The number of phosphoric acid groups is 1. The van der Waals surface area contributed by atoms with E-state index in [1.165, 1.54) is 302 Å². The van der Waals surface area contributed by atoms with Crippen molar-refractivity contribution >= 4 is 13.7 Å². The molecule has 3 atom stereocenters. The Balaban J connectivity index is 3.89. The fraction of sp³-hybridized carbons (Fsp3) is 0.955. The zero-order valence-corrected chi connectivity index (χ0v) is 52.2. The lowest BCUT2D eigenvalue weighted by Crippen LogP contribution is -2.45. The molecule has 0 aliphatic heterocycles. The minimum atomic E-state index is -4.34. The van der Waals surface area contributed by atoms with Crippen LogP contribution in [-0.2, 0) is 18.4 Å². The summed E-state index contributed by atoms with van der Waals surface area (Å²) in [5, 5.41) is 14.0. The van der Waals surface area contributed by atoms with Gasteiger partial charge >= 0.3 is 7.82 Å². The summed E-state index contributed by atoms with van der Waals surface area (Å²) in [5.74, 6) is -0.168. The number of quaternary nitrogens is 1. The largest absolute Gasteiger partial charge is 0.472 e. The average molecular weight is 1080 g/mol. The van der Waals surface area contributed by atoms with E-state index >= 15 is 0 Å². The highest BCUT2D eigenvalue weighted by Crippen LogP contribution is 2.43. The molecule has 3 unspecified atom stereocenters. The highest BCUT2D eigenvalue weighted by Gasteiger charge is 2.28. The van der Waals surface area contributed by atoms with Crippen molar-refractivity contribution in [3.63, 3.8) is 0 Å². The summed E-state index contributed by atoms with van der Waals surface area (Å²) in [6, 6.07) is -0.842. The first-order valence-corrected chi connectivity index (χ1v) is 35.1. The number of unbranched alkanes of at least 4 members (excludes halogenated alkanes) is 50. The molecule has 448 valence electrons. The summed E-state index contributed by atoms with van der Waals surface area (Å²) in [7, 11) is 1.59. The molecule has 0 aromatic carbocycles. The molecule has 0 aliphatic rings. The first-order chi connectivity index (χ1) is 36.5. The van der Waals surface area contributed by atoms with Crippen LogP contribution in [0.15, 0.2) is 12.2 Å². The van der Waals surface area contributed by atoms with Crippen LogP contribution in [0.2, 0.25) is 0 Å². The van der Waals surface area contributed by atoms with E-state index in [1.807, 2.05) is 27.2 Å². The fourth-order valence-corrected chi connectivity index (χ4v) is 11.3. The Morgan fingerprint density at radius 3 is 0.987 bits per heavy atom. The van der Waals surface area contributed by atoms with Gasteiger partial charge in [0.1, 0.15) is 13.2 Å². The molecule has 0 radical (unpaired) electrons. The van der Waals surface area contributed by atoms with Crippen molar-refractivity contribution in [1.29, 1.82) is 0 Å². The Bertz CT molecular complexity index is 1230. The molecule has 0 spiro atoms. The predicted octanol–water partition coefficient (Wildman–Crippen LogP) is 20.9. The molecule has 0 saturated heterocycles. The molecule has 1 amide bonds. The van der Waals surface area contributed by atoms with E-state index in [1.54, 1.807) is 6.08 Å². The molecule has 0 fully saturated rings. The second-order valence-corrected chi connectivity index (χ2v) is 26.0. The van der Waals surface area contributed by atoms with Crippen LogP contribution in [0.1, 0.15) is 354 Å². The molecule has 3 N–H and O–H groups in total. The van der Waals surface area contributed by atoms with Gasteiger partial charge in [0, 0.05) is 6.42 Å². The average Bonchev–Trinajstić information content (AvgIpc) is 3.37. The van der Waals surface area contributed by atoms with Crippen molar-refractivity contribution in [2.45, 2.75) is 366 Å². The number of amides is 1. The second kappa shape index (κ2) is 57.9. The van der Waals surface area contributed by atoms with E-state index in [9.17, 15) is 19.4 Å². The minimum Gasteiger partial charge on any atom is -0.387 e. The van der Waals surface area contributed by atoms with Gasteiger partial charge in [0.25, 0.3) is 0 Å². The molecule has 0 bridgehead atoms. The quantitative estimate of drug-likeness (QED) is 0.0243. The number of carbonyl (C=O) groups excluding carboxylic acids is 1. The number of hydrogen-bond donors (Lipinski definition) is 3. The second-order valence-electron chi connectivity index (χ2n) is 24.6. The van der Waals surface area contributed by atoms with Crippen molar-refractivity contribution in [2.75, 3.05) is 40.9 Å². The summed E-state index contributed by atoms with van der Waals surface area (Å²) >= 11 is 0. The Morgan fingerprint density at radius 1 is 0.440 bits per heavy atom. The molecule has 8 nitrogen and oxygen atoms in total. The Kier molecular flexibility index (Phi) is 57.3. The van der Waals surface area contributed by atoms with Gasteiger partial charge in [-0.05, 0) is 19.3 Å².